The zero-order valence-electron chi connectivity index (χ0n) is 12.7. The number of aryl methyl sites for hydroxylation is 1. The predicted octanol–water partition coefficient (Wildman–Crippen LogP) is 2.61. The summed E-state index contributed by atoms with van der Waals surface area (Å²) in [5.74, 6) is 0.501. The first kappa shape index (κ1) is 15.7. The van der Waals surface area contributed by atoms with Gasteiger partial charge in [0.25, 0.3) is 10.0 Å². The lowest BCUT2D eigenvalue weighted by molar-refractivity contribution is 0.247. The first-order valence-corrected chi connectivity index (χ1v) is 9.91. The topological polar surface area (TPSA) is 55.2 Å². The van der Waals surface area contributed by atoms with E-state index in [0.717, 1.165) is 30.7 Å². The molecule has 0 radical (unpaired) electrons. The molecule has 0 aromatic carbocycles. The normalized spacial score (nSPS) is 17.9. The van der Waals surface area contributed by atoms with Crippen molar-refractivity contribution < 1.29 is 8.42 Å². The fourth-order valence-electron chi connectivity index (χ4n) is 2.82. The van der Waals surface area contributed by atoms with Gasteiger partial charge in [-0.1, -0.05) is 6.92 Å². The molecule has 0 saturated carbocycles. The van der Waals surface area contributed by atoms with E-state index >= 15 is 0 Å². The summed E-state index contributed by atoms with van der Waals surface area (Å²) in [4.78, 5) is 1.12. The number of nitrogens with zero attached hydrogens (tertiary/aromatic N) is 3. The molecule has 120 valence electrons. The van der Waals surface area contributed by atoms with Crippen LogP contribution in [0.5, 0.6) is 0 Å². The Kier molecular flexibility index (Phi) is 4.65. The molecule has 0 amide bonds. The lowest BCUT2D eigenvalue weighted by Crippen LogP contribution is -2.39. The van der Waals surface area contributed by atoms with Crippen molar-refractivity contribution in [1.29, 1.82) is 0 Å². The molecule has 22 heavy (non-hydrogen) atoms. The van der Waals surface area contributed by atoms with Gasteiger partial charge in [-0.3, -0.25) is 4.68 Å². The third-order valence-electron chi connectivity index (χ3n) is 4.16. The van der Waals surface area contributed by atoms with E-state index in [1.165, 1.54) is 11.3 Å². The van der Waals surface area contributed by atoms with Crippen molar-refractivity contribution >= 4 is 21.4 Å². The molecule has 0 aliphatic carbocycles. The third kappa shape index (κ3) is 3.26. The number of thiophene rings is 1. The minimum atomic E-state index is -3.31. The average molecular weight is 339 g/mol. The molecule has 7 heteroatoms. The van der Waals surface area contributed by atoms with Crippen LogP contribution >= 0.6 is 11.3 Å². The Hall–Kier alpha value is -1.18. The molecule has 1 fully saturated rings. The highest BCUT2D eigenvalue weighted by molar-refractivity contribution is 7.91. The van der Waals surface area contributed by atoms with Crippen molar-refractivity contribution in [3.8, 4) is 0 Å². The van der Waals surface area contributed by atoms with E-state index in [4.69, 9.17) is 0 Å². The summed E-state index contributed by atoms with van der Waals surface area (Å²) in [6, 6.07) is 5.58. The largest absolute Gasteiger partial charge is 0.272 e. The van der Waals surface area contributed by atoms with Crippen LogP contribution in [0.1, 0.15) is 24.6 Å². The Morgan fingerprint density at radius 3 is 2.68 bits per heavy atom. The van der Waals surface area contributed by atoms with E-state index in [-0.39, 0.29) is 0 Å². The van der Waals surface area contributed by atoms with Crippen LogP contribution in [0.25, 0.3) is 0 Å². The van der Waals surface area contributed by atoms with Gasteiger partial charge in [-0.15, -0.1) is 11.3 Å². The maximum atomic E-state index is 12.7. The molecule has 0 N–H and O–H groups in total. The van der Waals surface area contributed by atoms with E-state index in [0.29, 0.717) is 23.2 Å². The van der Waals surface area contributed by atoms with Gasteiger partial charge in [-0.25, -0.2) is 8.42 Å². The van der Waals surface area contributed by atoms with Gasteiger partial charge < -0.3 is 0 Å². The molecule has 2 aromatic heterocycles. The van der Waals surface area contributed by atoms with Gasteiger partial charge in [-0.2, -0.15) is 9.40 Å². The van der Waals surface area contributed by atoms with Crippen molar-refractivity contribution in [2.45, 2.75) is 36.9 Å². The van der Waals surface area contributed by atoms with Crippen molar-refractivity contribution in [1.82, 2.24) is 14.1 Å². The van der Waals surface area contributed by atoms with Gasteiger partial charge in [0.05, 0.1) is 0 Å². The second kappa shape index (κ2) is 6.52. The van der Waals surface area contributed by atoms with Crippen LogP contribution in [0, 0.1) is 5.92 Å². The Morgan fingerprint density at radius 2 is 2.09 bits per heavy atom. The summed E-state index contributed by atoms with van der Waals surface area (Å²) >= 11 is 1.39. The highest BCUT2D eigenvalue weighted by atomic mass is 32.2. The van der Waals surface area contributed by atoms with Crippen molar-refractivity contribution in [2.24, 2.45) is 5.92 Å². The summed E-state index contributed by atoms with van der Waals surface area (Å²) in [6.45, 7) is 4.13. The minimum Gasteiger partial charge on any atom is -0.272 e. The summed E-state index contributed by atoms with van der Waals surface area (Å²) in [5, 5.41) is 4.22. The highest BCUT2D eigenvalue weighted by Gasteiger charge is 2.30. The monoisotopic (exact) mass is 339 g/mol. The molecule has 3 heterocycles. The number of rotatable bonds is 5. The third-order valence-corrected chi connectivity index (χ3v) is 7.75. The average Bonchev–Trinajstić information content (AvgIpc) is 3.19. The van der Waals surface area contributed by atoms with Crippen LogP contribution in [0.3, 0.4) is 0 Å². The van der Waals surface area contributed by atoms with E-state index in [1.54, 1.807) is 16.6 Å². The molecule has 0 bridgehead atoms. The van der Waals surface area contributed by atoms with Crippen LogP contribution in [0.4, 0.5) is 0 Å². The Morgan fingerprint density at radius 1 is 1.32 bits per heavy atom. The number of sulfonamides is 1. The zero-order chi connectivity index (χ0) is 15.6. The zero-order valence-corrected chi connectivity index (χ0v) is 14.3. The number of hydrogen-bond acceptors (Lipinski definition) is 4. The predicted molar refractivity (Wildman–Crippen MR) is 87.4 cm³/mol. The molecule has 2 aromatic rings. The SMILES string of the molecule is CCc1ccc(S(=O)(=O)N2CCC(Cn3cccn3)CC2)s1. The molecule has 5 nitrogen and oxygen atoms in total. The van der Waals surface area contributed by atoms with Gasteiger partial charge in [-0.05, 0) is 43.4 Å². The molecule has 1 saturated heterocycles. The highest BCUT2D eigenvalue weighted by Crippen LogP contribution is 2.29. The molecule has 0 unspecified atom stereocenters. The first-order valence-electron chi connectivity index (χ1n) is 7.66. The van der Waals surface area contributed by atoms with Crippen molar-refractivity contribution in [2.75, 3.05) is 13.1 Å². The molecule has 1 aliphatic heterocycles. The second-order valence-corrected chi connectivity index (χ2v) is 8.98. The van der Waals surface area contributed by atoms with Crippen LogP contribution in [0.15, 0.2) is 34.8 Å². The van der Waals surface area contributed by atoms with E-state index in [2.05, 4.69) is 5.10 Å². The first-order chi connectivity index (χ1) is 10.6. The van der Waals surface area contributed by atoms with Crippen LogP contribution in [-0.4, -0.2) is 35.6 Å². The van der Waals surface area contributed by atoms with E-state index in [9.17, 15) is 8.42 Å². The van der Waals surface area contributed by atoms with E-state index < -0.39 is 10.0 Å². The Bertz CT molecular complexity index is 699. The quantitative estimate of drug-likeness (QED) is 0.841. The Labute approximate surface area is 135 Å². The lowest BCUT2D eigenvalue weighted by atomic mass is 9.98. The van der Waals surface area contributed by atoms with Crippen LogP contribution < -0.4 is 0 Å². The van der Waals surface area contributed by atoms with Gasteiger partial charge in [0, 0.05) is 36.9 Å². The second-order valence-electron chi connectivity index (χ2n) is 5.65. The smallest absolute Gasteiger partial charge is 0.252 e. The summed E-state index contributed by atoms with van der Waals surface area (Å²) in [6.07, 6.45) is 6.41. The van der Waals surface area contributed by atoms with Gasteiger partial charge in [0.15, 0.2) is 0 Å². The maximum Gasteiger partial charge on any atom is 0.252 e. The standard InChI is InChI=1S/C15H21N3O2S2/c1-2-14-4-5-15(21-14)22(19,20)18-10-6-13(7-11-18)12-17-9-3-8-16-17/h3-5,8-9,13H,2,6-7,10-12H2,1H3. The summed E-state index contributed by atoms with van der Waals surface area (Å²) in [7, 11) is -3.31. The molecular weight excluding hydrogens is 318 g/mol. The maximum absolute atomic E-state index is 12.7. The molecular formula is C15H21N3O2S2. The molecule has 0 atom stereocenters. The number of aromatic nitrogens is 2. The van der Waals surface area contributed by atoms with Crippen molar-refractivity contribution in [3.63, 3.8) is 0 Å². The van der Waals surface area contributed by atoms with Gasteiger partial charge in [0.1, 0.15) is 4.21 Å². The minimum absolute atomic E-state index is 0.481. The van der Waals surface area contributed by atoms with Crippen LogP contribution in [0.2, 0.25) is 0 Å². The Balaban J connectivity index is 1.62. The number of hydrogen-bond donors (Lipinski definition) is 0. The summed E-state index contributed by atoms with van der Waals surface area (Å²) in [5.41, 5.74) is 0. The fraction of sp³-hybridized carbons (Fsp3) is 0.533. The van der Waals surface area contributed by atoms with Crippen LogP contribution in [-0.2, 0) is 23.0 Å². The molecule has 3 rings (SSSR count). The van der Waals surface area contributed by atoms with Gasteiger partial charge >= 0.3 is 0 Å². The van der Waals surface area contributed by atoms with Crippen molar-refractivity contribution in [3.05, 3.63) is 35.5 Å². The fourth-order valence-corrected chi connectivity index (χ4v) is 5.74. The lowest BCUT2D eigenvalue weighted by Gasteiger charge is -2.30. The number of piperidine rings is 1. The van der Waals surface area contributed by atoms with Gasteiger partial charge in [0.2, 0.25) is 0 Å². The molecule has 0 spiro atoms. The molecule has 1 aliphatic rings. The van der Waals surface area contributed by atoms with E-state index in [1.807, 2.05) is 29.9 Å². The summed E-state index contributed by atoms with van der Waals surface area (Å²) < 4.78 is 29.4.